The minimum absolute atomic E-state index is 0. The molecule has 0 saturated heterocycles. The van der Waals surface area contributed by atoms with Crippen LogP contribution in [0.1, 0.15) is 25.7 Å². The average Bonchev–Trinajstić information content (AvgIpc) is 2.82. The Morgan fingerprint density at radius 3 is 0.879 bits per heavy atom. The minimum Gasteiger partial charge on any atom is -0.290 e. The van der Waals surface area contributed by atoms with Gasteiger partial charge in [-0.15, -0.1) is 0 Å². The van der Waals surface area contributed by atoms with Crippen LogP contribution in [-0.4, -0.2) is 11.6 Å². The molecule has 0 aliphatic heterocycles. The number of allylic oxidation sites excluding steroid dienone is 24. The van der Waals surface area contributed by atoms with Gasteiger partial charge in [-0.2, -0.15) is 0 Å². The van der Waals surface area contributed by atoms with E-state index in [1.807, 2.05) is 72.9 Å². The third-order valence-corrected chi connectivity index (χ3v) is 4.95. The smallest absolute Gasteiger partial charge is 0.179 e. The standard InChI is InChI=1S/2C15H14O.Pd/c2*16-15(11-13-7-3-1-4-8-13)12-14-9-5-2-6-10-14;/h2*1-7,9,11-12H,8,10H2;. The molecule has 0 bridgehead atoms. The summed E-state index contributed by atoms with van der Waals surface area (Å²) in [6.45, 7) is 0. The van der Waals surface area contributed by atoms with E-state index < -0.39 is 0 Å². The van der Waals surface area contributed by atoms with E-state index in [-0.39, 0.29) is 32.0 Å². The molecule has 0 heterocycles. The predicted octanol–water partition coefficient (Wildman–Crippen LogP) is 6.88. The molecule has 0 fully saturated rings. The quantitative estimate of drug-likeness (QED) is 0.296. The number of rotatable bonds is 4. The first-order valence-electron chi connectivity index (χ1n) is 10.9. The van der Waals surface area contributed by atoms with Crippen molar-refractivity contribution in [3.05, 3.63) is 144 Å². The van der Waals surface area contributed by atoms with E-state index in [1.165, 1.54) is 0 Å². The van der Waals surface area contributed by atoms with E-state index >= 15 is 0 Å². The van der Waals surface area contributed by atoms with Crippen molar-refractivity contribution >= 4 is 11.6 Å². The first kappa shape index (κ1) is 26.1. The minimum atomic E-state index is 0. The van der Waals surface area contributed by atoms with E-state index in [9.17, 15) is 9.59 Å². The normalized spacial score (nSPS) is 22.5. The van der Waals surface area contributed by atoms with E-state index in [4.69, 9.17) is 0 Å². The van der Waals surface area contributed by atoms with Gasteiger partial charge in [-0.3, -0.25) is 9.59 Å². The molecule has 0 unspecified atom stereocenters. The third-order valence-electron chi connectivity index (χ3n) is 4.95. The van der Waals surface area contributed by atoms with Crippen molar-refractivity contribution in [1.29, 1.82) is 0 Å². The van der Waals surface area contributed by atoms with Crippen molar-refractivity contribution in [2.24, 2.45) is 0 Å². The van der Waals surface area contributed by atoms with Gasteiger partial charge in [0.05, 0.1) is 0 Å². The van der Waals surface area contributed by atoms with Gasteiger partial charge in [-0.1, -0.05) is 97.2 Å². The van der Waals surface area contributed by atoms with Crippen molar-refractivity contribution in [3.63, 3.8) is 0 Å². The van der Waals surface area contributed by atoms with E-state index in [1.54, 1.807) is 24.3 Å². The van der Waals surface area contributed by atoms with Gasteiger partial charge in [0.25, 0.3) is 0 Å². The number of carbonyl (C=O) groups excluding carboxylic acids is 2. The largest absolute Gasteiger partial charge is 0.290 e. The summed E-state index contributed by atoms with van der Waals surface area (Å²) in [7, 11) is 0. The second kappa shape index (κ2) is 14.9. The summed E-state index contributed by atoms with van der Waals surface area (Å²) >= 11 is 0. The van der Waals surface area contributed by atoms with Gasteiger partial charge < -0.3 is 0 Å². The maximum atomic E-state index is 11.7. The zero-order valence-electron chi connectivity index (χ0n) is 18.5. The molecule has 0 saturated carbocycles. The maximum absolute atomic E-state index is 11.7. The zero-order chi connectivity index (χ0) is 22.4. The predicted molar refractivity (Wildman–Crippen MR) is 134 cm³/mol. The summed E-state index contributed by atoms with van der Waals surface area (Å²) < 4.78 is 0. The van der Waals surface area contributed by atoms with Crippen LogP contribution in [0.4, 0.5) is 0 Å². The molecule has 4 rings (SSSR count). The fourth-order valence-electron chi connectivity index (χ4n) is 3.36. The molecular formula is C30H28O2Pd. The SMILES string of the molecule is O=C(C=C1C=CC=CC1)C=C1C=CC=CC1.O=C(C=C1C=CC=CC1)C=C1C=CC=CC1.[Pd]. The molecule has 4 aliphatic rings. The molecule has 0 amide bonds. The Morgan fingerprint density at radius 1 is 0.455 bits per heavy atom. The maximum Gasteiger partial charge on any atom is 0.179 e. The van der Waals surface area contributed by atoms with Crippen molar-refractivity contribution < 1.29 is 30.0 Å². The third kappa shape index (κ3) is 10.4. The van der Waals surface area contributed by atoms with Gasteiger partial charge in [0.1, 0.15) is 0 Å². The van der Waals surface area contributed by atoms with Crippen molar-refractivity contribution in [3.8, 4) is 0 Å². The molecule has 0 aromatic carbocycles. The molecule has 3 heteroatoms. The number of hydrogen-bond donors (Lipinski definition) is 0. The van der Waals surface area contributed by atoms with Gasteiger partial charge in [-0.25, -0.2) is 0 Å². The molecular weight excluding hydrogens is 499 g/mol. The van der Waals surface area contributed by atoms with Crippen LogP contribution in [0.25, 0.3) is 0 Å². The molecule has 0 spiro atoms. The summed E-state index contributed by atoms with van der Waals surface area (Å²) in [5, 5.41) is 0. The summed E-state index contributed by atoms with van der Waals surface area (Å²) in [6, 6.07) is 0. The molecule has 0 atom stereocenters. The van der Waals surface area contributed by atoms with Crippen LogP contribution < -0.4 is 0 Å². The Kier molecular flexibility index (Phi) is 11.8. The average molecular weight is 527 g/mol. The molecule has 0 N–H and O–H groups in total. The van der Waals surface area contributed by atoms with Crippen LogP contribution in [0, 0.1) is 0 Å². The van der Waals surface area contributed by atoms with Crippen LogP contribution in [-0.2, 0) is 30.0 Å². The molecule has 2 nitrogen and oxygen atoms in total. The Morgan fingerprint density at radius 2 is 0.697 bits per heavy atom. The molecule has 0 radical (unpaired) electrons. The van der Waals surface area contributed by atoms with Crippen molar-refractivity contribution in [1.82, 2.24) is 0 Å². The van der Waals surface area contributed by atoms with Crippen LogP contribution in [0.5, 0.6) is 0 Å². The number of hydrogen-bond acceptors (Lipinski definition) is 2. The molecule has 4 aliphatic carbocycles. The Hall–Kier alpha value is -3.12. The van der Waals surface area contributed by atoms with Gasteiger partial charge in [0.15, 0.2) is 11.6 Å². The van der Waals surface area contributed by atoms with Crippen LogP contribution in [0.2, 0.25) is 0 Å². The molecule has 170 valence electrons. The van der Waals surface area contributed by atoms with Crippen LogP contribution in [0.15, 0.2) is 144 Å². The summed E-state index contributed by atoms with van der Waals surface area (Å²) in [4.78, 5) is 23.4. The second-order valence-electron chi connectivity index (χ2n) is 7.65. The zero-order valence-corrected chi connectivity index (χ0v) is 20.1. The number of ketones is 2. The summed E-state index contributed by atoms with van der Waals surface area (Å²) in [5.74, 6) is 0.148. The van der Waals surface area contributed by atoms with E-state index in [2.05, 4.69) is 24.3 Å². The van der Waals surface area contributed by atoms with Crippen molar-refractivity contribution in [2.45, 2.75) is 25.7 Å². The first-order valence-corrected chi connectivity index (χ1v) is 10.9. The topological polar surface area (TPSA) is 34.1 Å². The van der Waals surface area contributed by atoms with E-state index in [0.29, 0.717) is 0 Å². The second-order valence-corrected chi connectivity index (χ2v) is 7.65. The van der Waals surface area contributed by atoms with E-state index in [0.717, 1.165) is 48.0 Å². The van der Waals surface area contributed by atoms with Crippen molar-refractivity contribution in [2.75, 3.05) is 0 Å². The summed E-state index contributed by atoms with van der Waals surface area (Å²) in [6.07, 6.45) is 42.2. The fraction of sp³-hybridized carbons (Fsp3) is 0.133. The van der Waals surface area contributed by atoms with Gasteiger partial charge >= 0.3 is 0 Å². The molecule has 0 aromatic heterocycles. The Labute approximate surface area is 210 Å². The van der Waals surface area contributed by atoms with Crippen LogP contribution in [0.3, 0.4) is 0 Å². The fourth-order valence-corrected chi connectivity index (χ4v) is 3.36. The monoisotopic (exact) mass is 526 g/mol. The molecule has 0 aromatic rings. The summed E-state index contributed by atoms with van der Waals surface area (Å²) in [5.41, 5.74) is 4.28. The van der Waals surface area contributed by atoms with Gasteiger partial charge in [-0.05, 0) is 72.3 Å². The van der Waals surface area contributed by atoms with Crippen LogP contribution >= 0.6 is 0 Å². The Balaban J connectivity index is 0.000000227. The first-order chi connectivity index (χ1) is 15.7. The Bertz CT molecular complexity index is 918. The van der Waals surface area contributed by atoms with Gasteiger partial charge in [0, 0.05) is 20.4 Å². The molecule has 33 heavy (non-hydrogen) atoms. The van der Waals surface area contributed by atoms with Gasteiger partial charge in [0.2, 0.25) is 0 Å². The number of carbonyl (C=O) groups is 2.